The minimum Gasteiger partial charge on any atom is -0.357 e. The van der Waals surface area contributed by atoms with Crippen molar-refractivity contribution in [1.82, 2.24) is 15.6 Å². The van der Waals surface area contributed by atoms with Gasteiger partial charge in [0.2, 0.25) is 5.91 Å². The standard InChI is InChI=1S/C11H16N4O2/c1-7(10(16)13-2)15-11(17)8-3-4-14-9(5-8)6-12/h3-5,7H,6,12H2,1-2H3,(H,13,16)(H,15,17). The molecule has 0 fully saturated rings. The molecule has 2 amide bonds. The SMILES string of the molecule is CNC(=O)C(C)NC(=O)c1ccnc(CN)c1. The molecule has 4 N–H and O–H groups in total. The maximum atomic E-state index is 11.8. The molecule has 0 aliphatic heterocycles. The van der Waals surface area contributed by atoms with Gasteiger partial charge in [0.1, 0.15) is 6.04 Å². The first kappa shape index (κ1) is 13.1. The molecule has 0 aromatic carbocycles. The van der Waals surface area contributed by atoms with Gasteiger partial charge in [-0.25, -0.2) is 0 Å². The van der Waals surface area contributed by atoms with Gasteiger partial charge >= 0.3 is 0 Å². The highest BCUT2D eigenvalue weighted by molar-refractivity contribution is 5.97. The Morgan fingerprint density at radius 3 is 2.82 bits per heavy atom. The molecule has 6 nitrogen and oxygen atoms in total. The fourth-order valence-electron chi connectivity index (χ4n) is 1.29. The van der Waals surface area contributed by atoms with Crippen molar-refractivity contribution in [2.45, 2.75) is 19.5 Å². The minimum absolute atomic E-state index is 0.244. The molecule has 0 saturated heterocycles. The number of hydrogen-bond donors (Lipinski definition) is 3. The quantitative estimate of drug-likeness (QED) is 0.650. The van der Waals surface area contributed by atoms with Gasteiger partial charge in [-0.15, -0.1) is 0 Å². The van der Waals surface area contributed by atoms with Crippen molar-refractivity contribution in [3.63, 3.8) is 0 Å². The average Bonchev–Trinajstić information content (AvgIpc) is 2.37. The zero-order valence-electron chi connectivity index (χ0n) is 9.86. The molecular weight excluding hydrogens is 220 g/mol. The second-order valence-electron chi connectivity index (χ2n) is 3.55. The topological polar surface area (TPSA) is 97.1 Å². The van der Waals surface area contributed by atoms with Gasteiger partial charge in [0, 0.05) is 25.4 Å². The maximum Gasteiger partial charge on any atom is 0.252 e. The number of nitrogens with zero attached hydrogens (tertiary/aromatic N) is 1. The highest BCUT2D eigenvalue weighted by atomic mass is 16.2. The van der Waals surface area contributed by atoms with Crippen LogP contribution >= 0.6 is 0 Å². The van der Waals surface area contributed by atoms with Crippen LogP contribution in [0.25, 0.3) is 0 Å². The van der Waals surface area contributed by atoms with E-state index in [1.54, 1.807) is 19.1 Å². The van der Waals surface area contributed by atoms with Crippen molar-refractivity contribution in [1.29, 1.82) is 0 Å². The molecule has 1 atom stereocenters. The number of amides is 2. The number of rotatable bonds is 4. The minimum atomic E-state index is -0.581. The van der Waals surface area contributed by atoms with Gasteiger partial charge in [0.25, 0.3) is 5.91 Å². The third-order valence-electron chi connectivity index (χ3n) is 2.28. The lowest BCUT2D eigenvalue weighted by Crippen LogP contribution is -2.43. The Labute approximate surface area is 99.6 Å². The van der Waals surface area contributed by atoms with Gasteiger partial charge in [-0.05, 0) is 19.1 Å². The first-order valence-corrected chi connectivity index (χ1v) is 5.26. The molecule has 0 bridgehead atoms. The molecule has 1 unspecified atom stereocenters. The van der Waals surface area contributed by atoms with E-state index in [0.29, 0.717) is 11.3 Å². The lowest BCUT2D eigenvalue weighted by Gasteiger charge is -2.12. The van der Waals surface area contributed by atoms with E-state index in [0.717, 1.165) is 0 Å². The molecule has 1 aromatic rings. The van der Waals surface area contributed by atoms with Crippen molar-refractivity contribution in [3.05, 3.63) is 29.6 Å². The summed E-state index contributed by atoms with van der Waals surface area (Å²) >= 11 is 0. The van der Waals surface area contributed by atoms with Crippen LogP contribution in [-0.4, -0.2) is 29.9 Å². The van der Waals surface area contributed by atoms with Crippen LogP contribution in [-0.2, 0) is 11.3 Å². The summed E-state index contributed by atoms with van der Waals surface area (Å²) in [5, 5.41) is 5.04. The average molecular weight is 236 g/mol. The lowest BCUT2D eigenvalue weighted by molar-refractivity contribution is -0.122. The van der Waals surface area contributed by atoms with E-state index in [4.69, 9.17) is 5.73 Å². The molecule has 92 valence electrons. The predicted molar refractivity (Wildman–Crippen MR) is 63.1 cm³/mol. The fourth-order valence-corrected chi connectivity index (χ4v) is 1.29. The van der Waals surface area contributed by atoms with E-state index in [9.17, 15) is 9.59 Å². The summed E-state index contributed by atoms with van der Waals surface area (Å²) in [5.41, 5.74) is 6.50. The second kappa shape index (κ2) is 5.95. The molecule has 17 heavy (non-hydrogen) atoms. The van der Waals surface area contributed by atoms with Crippen LogP contribution in [0, 0.1) is 0 Å². The molecule has 6 heteroatoms. The summed E-state index contributed by atoms with van der Waals surface area (Å²) in [7, 11) is 1.52. The van der Waals surface area contributed by atoms with Crippen molar-refractivity contribution in [2.75, 3.05) is 7.05 Å². The van der Waals surface area contributed by atoms with Crippen molar-refractivity contribution < 1.29 is 9.59 Å². The highest BCUT2D eigenvalue weighted by Gasteiger charge is 2.15. The monoisotopic (exact) mass is 236 g/mol. The van der Waals surface area contributed by atoms with E-state index in [-0.39, 0.29) is 18.4 Å². The van der Waals surface area contributed by atoms with Crippen LogP contribution in [0.1, 0.15) is 23.0 Å². The smallest absolute Gasteiger partial charge is 0.252 e. The third-order valence-corrected chi connectivity index (χ3v) is 2.28. The summed E-state index contributed by atoms with van der Waals surface area (Å²) in [4.78, 5) is 27.0. The van der Waals surface area contributed by atoms with Crippen LogP contribution < -0.4 is 16.4 Å². The van der Waals surface area contributed by atoms with E-state index < -0.39 is 6.04 Å². The van der Waals surface area contributed by atoms with Crippen molar-refractivity contribution >= 4 is 11.8 Å². The van der Waals surface area contributed by atoms with Gasteiger partial charge in [0.05, 0.1) is 5.69 Å². The number of carbonyl (C=O) groups excluding carboxylic acids is 2. The molecule has 0 radical (unpaired) electrons. The lowest BCUT2D eigenvalue weighted by atomic mass is 10.2. The Morgan fingerprint density at radius 1 is 1.53 bits per heavy atom. The van der Waals surface area contributed by atoms with Crippen LogP contribution in [0.3, 0.4) is 0 Å². The number of nitrogens with one attached hydrogen (secondary N) is 2. The number of pyridine rings is 1. The van der Waals surface area contributed by atoms with Crippen LogP contribution in [0.2, 0.25) is 0 Å². The van der Waals surface area contributed by atoms with Crippen molar-refractivity contribution in [2.24, 2.45) is 5.73 Å². The molecule has 1 heterocycles. The Hall–Kier alpha value is -1.95. The Kier molecular flexibility index (Phi) is 4.59. The van der Waals surface area contributed by atoms with E-state index >= 15 is 0 Å². The first-order valence-electron chi connectivity index (χ1n) is 5.26. The zero-order valence-corrected chi connectivity index (χ0v) is 9.86. The summed E-state index contributed by atoms with van der Waals surface area (Å²) in [6, 6.07) is 2.60. The molecule has 1 aromatic heterocycles. The fraction of sp³-hybridized carbons (Fsp3) is 0.364. The highest BCUT2D eigenvalue weighted by Crippen LogP contribution is 2.01. The Morgan fingerprint density at radius 2 is 2.24 bits per heavy atom. The van der Waals surface area contributed by atoms with E-state index in [1.165, 1.54) is 13.2 Å². The Bertz CT molecular complexity index is 420. The number of nitrogens with two attached hydrogens (primary N) is 1. The second-order valence-corrected chi connectivity index (χ2v) is 3.55. The molecular formula is C11H16N4O2. The van der Waals surface area contributed by atoms with Gasteiger partial charge in [-0.1, -0.05) is 0 Å². The summed E-state index contributed by atoms with van der Waals surface area (Å²) in [6.45, 7) is 1.88. The number of carbonyl (C=O) groups is 2. The van der Waals surface area contributed by atoms with Crippen molar-refractivity contribution in [3.8, 4) is 0 Å². The van der Waals surface area contributed by atoms with Gasteiger partial charge in [-0.2, -0.15) is 0 Å². The summed E-state index contributed by atoms with van der Waals surface area (Å²) in [6.07, 6.45) is 1.52. The van der Waals surface area contributed by atoms with E-state index in [1.807, 2.05) is 0 Å². The predicted octanol–water partition coefficient (Wildman–Crippen LogP) is -0.595. The van der Waals surface area contributed by atoms with Gasteiger partial charge < -0.3 is 16.4 Å². The number of aromatic nitrogens is 1. The maximum absolute atomic E-state index is 11.8. The summed E-state index contributed by atoms with van der Waals surface area (Å²) < 4.78 is 0. The molecule has 1 rings (SSSR count). The summed E-state index contributed by atoms with van der Waals surface area (Å²) in [5.74, 6) is -0.565. The molecule has 0 aliphatic carbocycles. The van der Waals surface area contributed by atoms with Gasteiger partial charge in [0.15, 0.2) is 0 Å². The van der Waals surface area contributed by atoms with Crippen LogP contribution in [0.5, 0.6) is 0 Å². The molecule has 0 spiro atoms. The zero-order chi connectivity index (χ0) is 12.8. The Balaban J connectivity index is 2.72. The number of likely N-dealkylation sites (N-methyl/N-ethyl adjacent to an activating group) is 1. The van der Waals surface area contributed by atoms with Crippen LogP contribution in [0.4, 0.5) is 0 Å². The van der Waals surface area contributed by atoms with E-state index in [2.05, 4.69) is 15.6 Å². The third kappa shape index (κ3) is 3.53. The molecule has 0 saturated carbocycles. The largest absolute Gasteiger partial charge is 0.357 e. The molecule has 0 aliphatic rings. The normalized spacial score (nSPS) is 11.7. The number of hydrogen-bond acceptors (Lipinski definition) is 4. The first-order chi connectivity index (χ1) is 8.08. The van der Waals surface area contributed by atoms with Crippen LogP contribution in [0.15, 0.2) is 18.3 Å². The van der Waals surface area contributed by atoms with Gasteiger partial charge in [-0.3, -0.25) is 14.6 Å².